The number of rotatable bonds is 6. The number of H-pyrrole nitrogens is 1. The van der Waals surface area contributed by atoms with E-state index in [0.29, 0.717) is 17.7 Å². The monoisotopic (exact) mass is 315 g/mol. The van der Waals surface area contributed by atoms with E-state index < -0.39 is 0 Å². The Morgan fingerprint density at radius 3 is 2.57 bits per heavy atom. The summed E-state index contributed by atoms with van der Waals surface area (Å²) in [4.78, 5) is 33.5. The number of aromatic amines is 1. The molecule has 0 bridgehead atoms. The van der Waals surface area contributed by atoms with E-state index >= 15 is 0 Å². The fourth-order valence-electron chi connectivity index (χ4n) is 2.38. The van der Waals surface area contributed by atoms with Crippen LogP contribution in [0.3, 0.4) is 0 Å². The molecule has 0 aromatic carbocycles. The van der Waals surface area contributed by atoms with Gasteiger partial charge < -0.3 is 9.88 Å². The smallest absolute Gasteiger partial charge is 0.332 e. The third-order valence-electron chi connectivity index (χ3n) is 3.66. The van der Waals surface area contributed by atoms with Crippen LogP contribution in [0.4, 0.5) is 0 Å². The van der Waals surface area contributed by atoms with Crippen LogP contribution >= 0.6 is 12.4 Å². The molecule has 2 rings (SSSR count). The van der Waals surface area contributed by atoms with Gasteiger partial charge in [0.25, 0.3) is 5.56 Å². The van der Waals surface area contributed by atoms with E-state index in [1.807, 2.05) is 0 Å². The highest BCUT2D eigenvalue weighted by Gasteiger charge is 2.12. The van der Waals surface area contributed by atoms with E-state index in [1.165, 1.54) is 15.5 Å². The number of aryl methyl sites for hydroxylation is 1. The van der Waals surface area contributed by atoms with Crippen molar-refractivity contribution in [2.45, 2.75) is 26.8 Å². The van der Waals surface area contributed by atoms with E-state index in [0.717, 1.165) is 26.1 Å². The lowest BCUT2D eigenvalue weighted by atomic mass is 10.3. The summed E-state index contributed by atoms with van der Waals surface area (Å²) in [5.74, 6) is 0. The number of aromatic nitrogens is 4. The Hall–Kier alpha value is -1.60. The molecule has 0 aliphatic carbocycles. The molecule has 2 aromatic heterocycles. The Kier molecular flexibility index (Phi) is 6.17. The molecule has 0 amide bonds. The van der Waals surface area contributed by atoms with Gasteiger partial charge in [-0.05, 0) is 26.1 Å². The van der Waals surface area contributed by atoms with Crippen molar-refractivity contribution < 1.29 is 0 Å². The molecule has 0 saturated carbocycles. The fraction of sp³-hybridized carbons (Fsp3) is 0.615. The zero-order valence-electron chi connectivity index (χ0n) is 12.6. The summed E-state index contributed by atoms with van der Waals surface area (Å²) in [6.07, 6.45) is 2.21. The van der Waals surface area contributed by atoms with Crippen LogP contribution in [0.1, 0.15) is 20.3 Å². The van der Waals surface area contributed by atoms with Crippen LogP contribution in [0.2, 0.25) is 0 Å². The SMILES string of the molecule is CCN(CC)CCCn1c(=O)c2[nH]cnc2n(C)c1=O.Cl. The Balaban J connectivity index is 0.00000220. The van der Waals surface area contributed by atoms with Gasteiger partial charge in [0.2, 0.25) is 0 Å². The largest absolute Gasteiger partial charge is 0.339 e. The van der Waals surface area contributed by atoms with Crippen molar-refractivity contribution in [2.24, 2.45) is 7.05 Å². The van der Waals surface area contributed by atoms with Gasteiger partial charge in [0.1, 0.15) is 5.52 Å². The molecule has 2 heterocycles. The van der Waals surface area contributed by atoms with E-state index in [2.05, 4.69) is 28.7 Å². The molecule has 21 heavy (non-hydrogen) atoms. The quantitative estimate of drug-likeness (QED) is 0.846. The van der Waals surface area contributed by atoms with Gasteiger partial charge in [0.15, 0.2) is 5.65 Å². The van der Waals surface area contributed by atoms with Gasteiger partial charge in [0.05, 0.1) is 6.33 Å². The first kappa shape index (κ1) is 17.5. The Labute approximate surface area is 129 Å². The molecule has 0 saturated heterocycles. The minimum Gasteiger partial charge on any atom is -0.339 e. The zero-order valence-corrected chi connectivity index (χ0v) is 13.4. The number of hydrogen-bond acceptors (Lipinski definition) is 4. The molecule has 0 radical (unpaired) electrons. The fourth-order valence-corrected chi connectivity index (χ4v) is 2.38. The topological polar surface area (TPSA) is 75.9 Å². The van der Waals surface area contributed by atoms with Crippen molar-refractivity contribution >= 4 is 23.6 Å². The first-order valence-corrected chi connectivity index (χ1v) is 6.95. The highest BCUT2D eigenvalue weighted by Crippen LogP contribution is 1.99. The molecule has 7 nitrogen and oxygen atoms in total. The minimum atomic E-state index is -0.311. The molecule has 118 valence electrons. The van der Waals surface area contributed by atoms with Crippen molar-refractivity contribution in [3.8, 4) is 0 Å². The first-order chi connectivity index (χ1) is 9.60. The number of nitrogens with zero attached hydrogens (tertiary/aromatic N) is 4. The summed E-state index contributed by atoms with van der Waals surface area (Å²) in [7, 11) is 1.63. The zero-order chi connectivity index (χ0) is 14.7. The first-order valence-electron chi connectivity index (χ1n) is 6.95. The lowest BCUT2D eigenvalue weighted by molar-refractivity contribution is 0.291. The maximum absolute atomic E-state index is 12.2. The molecule has 8 heteroatoms. The van der Waals surface area contributed by atoms with Crippen LogP contribution in [0, 0.1) is 0 Å². The van der Waals surface area contributed by atoms with Crippen LogP contribution in [-0.2, 0) is 13.6 Å². The van der Waals surface area contributed by atoms with Crippen LogP contribution in [-0.4, -0.2) is 43.6 Å². The summed E-state index contributed by atoms with van der Waals surface area (Å²) in [5.41, 5.74) is 0.184. The predicted octanol–water partition coefficient (Wildman–Crippen LogP) is 0.577. The molecule has 0 aliphatic heterocycles. The second-order valence-electron chi connectivity index (χ2n) is 4.78. The summed E-state index contributed by atoms with van der Waals surface area (Å²) >= 11 is 0. The third kappa shape index (κ3) is 3.36. The van der Waals surface area contributed by atoms with Crippen molar-refractivity contribution in [1.29, 1.82) is 0 Å². The molecular weight excluding hydrogens is 294 g/mol. The van der Waals surface area contributed by atoms with Gasteiger partial charge in [-0.25, -0.2) is 9.78 Å². The summed E-state index contributed by atoms with van der Waals surface area (Å²) < 4.78 is 2.69. The number of halogens is 1. The molecule has 0 fully saturated rings. The molecular formula is C13H22ClN5O2. The molecule has 0 aliphatic rings. The second kappa shape index (κ2) is 7.42. The Morgan fingerprint density at radius 1 is 1.29 bits per heavy atom. The number of imidazole rings is 1. The summed E-state index contributed by atoms with van der Waals surface area (Å²) in [5, 5.41) is 0. The number of hydrogen-bond donors (Lipinski definition) is 1. The van der Waals surface area contributed by atoms with Crippen LogP contribution in [0.25, 0.3) is 11.2 Å². The minimum absolute atomic E-state index is 0. The van der Waals surface area contributed by atoms with E-state index in [-0.39, 0.29) is 23.7 Å². The Bertz CT molecular complexity index is 699. The lowest BCUT2D eigenvalue weighted by Gasteiger charge is -2.17. The lowest BCUT2D eigenvalue weighted by Crippen LogP contribution is -2.40. The van der Waals surface area contributed by atoms with Crippen LogP contribution < -0.4 is 11.2 Å². The average Bonchev–Trinajstić information content (AvgIpc) is 2.94. The van der Waals surface area contributed by atoms with Crippen LogP contribution in [0.15, 0.2) is 15.9 Å². The van der Waals surface area contributed by atoms with Crippen molar-refractivity contribution in [1.82, 2.24) is 24.0 Å². The van der Waals surface area contributed by atoms with Gasteiger partial charge in [-0.1, -0.05) is 13.8 Å². The van der Waals surface area contributed by atoms with Gasteiger partial charge >= 0.3 is 5.69 Å². The molecule has 1 N–H and O–H groups in total. The molecule has 0 unspecified atom stereocenters. The highest BCUT2D eigenvalue weighted by molar-refractivity contribution is 5.85. The predicted molar refractivity (Wildman–Crippen MR) is 85.2 cm³/mol. The highest BCUT2D eigenvalue weighted by atomic mass is 35.5. The third-order valence-corrected chi connectivity index (χ3v) is 3.66. The van der Waals surface area contributed by atoms with Gasteiger partial charge in [-0.3, -0.25) is 13.9 Å². The standard InChI is InChI=1S/C13H21N5O2.ClH/c1-4-17(5-2)7-6-8-18-12(19)10-11(15-9-14-10)16(3)13(18)20;/h9H,4-8H2,1-3H3,(H,14,15);1H. The van der Waals surface area contributed by atoms with Gasteiger partial charge in [0, 0.05) is 13.6 Å². The van der Waals surface area contributed by atoms with E-state index in [1.54, 1.807) is 7.05 Å². The second-order valence-corrected chi connectivity index (χ2v) is 4.78. The van der Waals surface area contributed by atoms with Crippen molar-refractivity contribution in [2.75, 3.05) is 19.6 Å². The average molecular weight is 316 g/mol. The molecule has 0 spiro atoms. The van der Waals surface area contributed by atoms with Gasteiger partial charge in [-0.2, -0.15) is 0 Å². The van der Waals surface area contributed by atoms with Crippen molar-refractivity contribution in [3.63, 3.8) is 0 Å². The number of fused-ring (bicyclic) bond motifs is 1. The van der Waals surface area contributed by atoms with E-state index in [9.17, 15) is 9.59 Å². The van der Waals surface area contributed by atoms with Crippen molar-refractivity contribution in [3.05, 3.63) is 27.2 Å². The molecule has 0 atom stereocenters. The van der Waals surface area contributed by atoms with Crippen LogP contribution in [0.5, 0.6) is 0 Å². The normalized spacial score (nSPS) is 11.0. The summed E-state index contributed by atoms with van der Waals surface area (Å²) in [6.45, 7) is 7.46. The summed E-state index contributed by atoms with van der Waals surface area (Å²) in [6, 6.07) is 0. The number of nitrogens with one attached hydrogen (secondary N) is 1. The molecule has 2 aromatic rings. The maximum atomic E-state index is 12.2. The van der Waals surface area contributed by atoms with E-state index in [4.69, 9.17) is 0 Å². The maximum Gasteiger partial charge on any atom is 0.332 e. The van der Waals surface area contributed by atoms with Gasteiger partial charge in [-0.15, -0.1) is 12.4 Å². The Morgan fingerprint density at radius 2 is 1.95 bits per heavy atom.